The van der Waals surface area contributed by atoms with Crippen molar-refractivity contribution in [3.8, 4) is 0 Å². The van der Waals surface area contributed by atoms with Crippen LogP contribution in [0.3, 0.4) is 0 Å². The quantitative estimate of drug-likeness (QED) is 0.566. The van der Waals surface area contributed by atoms with Gasteiger partial charge in [0.2, 0.25) is 0 Å². The Hall–Kier alpha value is 0.340. The molecule has 8 nitrogen and oxygen atoms in total. The van der Waals surface area contributed by atoms with Crippen molar-refractivity contribution in [1.82, 2.24) is 10.2 Å². The van der Waals surface area contributed by atoms with Gasteiger partial charge in [-0.05, 0) is 61.1 Å². The van der Waals surface area contributed by atoms with Gasteiger partial charge in [0.05, 0.1) is 34.0 Å². The Morgan fingerprint density at radius 1 is 0.852 bits per heavy atom. The molecular formula is C15H44N3O5P4+. The molecule has 12 heteroatoms. The number of nitrogens with zero attached hydrogens (tertiary/aromatic N) is 1. The van der Waals surface area contributed by atoms with Gasteiger partial charge in [-0.2, -0.15) is 0 Å². The topological polar surface area (TPSA) is 127 Å². The predicted octanol–water partition coefficient (Wildman–Crippen LogP) is 3.33. The van der Waals surface area contributed by atoms with Crippen molar-refractivity contribution in [2.24, 2.45) is 5.73 Å². The van der Waals surface area contributed by atoms with Crippen LogP contribution >= 0.6 is 29.2 Å². The second-order valence-corrected chi connectivity index (χ2v) is 19.1. The molecule has 0 heterocycles. The molecule has 0 bridgehead atoms. The van der Waals surface area contributed by atoms with E-state index in [2.05, 4.69) is 11.1 Å². The fourth-order valence-corrected chi connectivity index (χ4v) is 5.03. The van der Waals surface area contributed by atoms with Gasteiger partial charge in [0.25, 0.3) is 0 Å². The molecule has 0 aromatic heterocycles. The first-order valence-corrected chi connectivity index (χ1v) is 18.6. The molecule has 0 aliphatic carbocycles. The second kappa shape index (κ2) is 21.1. The maximum atomic E-state index is 11.4. The highest BCUT2D eigenvalue weighted by Gasteiger charge is 2.15. The van der Waals surface area contributed by atoms with Crippen LogP contribution in [0.25, 0.3) is 0 Å². The molecule has 0 fully saturated rings. The standard InChI is InChI=1S/C7H19NO2P2.C4H12NOP.C2H6OP.CH5N.CH2O/c1-8(6-11(2,3)9)7-12(4,5)10;1-5-4-7(2,3)6;1-4(2)3;2*1-2/h6-7H2,1-5H3;5H,4H2,1-3H3;1-2H3;2H2,1H3;1H2/q;;+1;;. The van der Waals surface area contributed by atoms with Crippen LogP contribution in [0.2, 0.25) is 0 Å². The Kier molecular flexibility index (Phi) is 29.6. The van der Waals surface area contributed by atoms with Crippen molar-refractivity contribution < 1.29 is 23.1 Å². The van der Waals surface area contributed by atoms with Gasteiger partial charge in [0.15, 0.2) is 0 Å². The molecule has 0 saturated carbocycles. The maximum absolute atomic E-state index is 11.4. The van der Waals surface area contributed by atoms with E-state index >= 15 is 0 Å². The molecule has 0 aromatic rings. The van der Waals surface area contributed by atoms with Gasteiger partial charge in [-0.3, -0.25) is 4.90 Å². The molecule has 0 spiro atoms. The minimum Gasteiger partial charge on any atom is -0.333 e. The fraction of sp³-hybridized carbons (Fsp3) is 0.933. The smallest absolute Gasteiger partial charge is 0.332 e. The summed E-state index contributed by atoms with van der Waals surface area (Å²) in [7, 11) is -1.49. The van der Waals surface area contributed by atoms with Gasteiger partial charge in [-0.1, -0.05) is 4.57 Å². The summed E-state index contributed by atoms with van der Waals surface area (Å²) in [5.41, 5.74) is 4.50. The monoisotopic (exact) mass is 470 g/mol. The van der Waals surface area contributed by atoms with Crippen molar-refractivity contribution in [2.45, 2.75) is 0 Å². The summed E-state index contributed by atoms with van der Waals surface area (Å²) in [5, 5.41) is 2.84. The zero-order chi connectivity index (χ0) is 23.5. The van der Waals surface area contributed by atoms with E-state index < -0.39 is 29.2 Å². The average Bonchev–Trinajstić information content (AvgIpc) is 2.37. The van der Waals surface area contributed by atoms with E-state index in [9.17, 15) is 18.3 Å². The number of hydrogen-bond acceptors (Lipinski definition) is 8. The molecule has 0 radical (unpaired) electrons. The minimum atomic E-state index is -2.00. The van der Waals surface area contributed by atoms with Crippen molar-refractivity contribution >= 4 is 36.0 Å². The molecule has 27 heavy (non-hydrogen) atoms. The zero-order valence-electron chi connectivity index (χ0n) is 19.2. The summed E-state index contributed by atoms with van der Waals surface area (Å²) in [6.07, 6.45) is 1.75. The summed E-state index contributed by atoms with van der Waals surface area (Å²) in [6, 6.07) is 0. The fourth-order valence-electron chi connectivity index (χ4n) is 1.59. The summed E-state index contributed by atoms with van der Waals surface area (Å²) in [6.45, 7) is 15.9. The number of nitrogens with two attached hydrogens (primary N) is 1. The van der Waals surface area contributed by atoms with Crippen LogP contribution in [0, 0.1) is 0 Å². The Balaban J connectivity index is -0.0000000912. The molecule has 168 valence electrons. The highest BCUT2D eigenvalue weighted by Crippen LogP contribution is 2.41. The summed E-state index contributed by atoms with van der Waals surface area (Å²) < 4.78 is 43.1. The van der Waals surface area contributed by atoms with E-state index in [1.54, 1.807) is 60.4 Å². The van der Waals surface area contributed by atoms with E-state index in [0.29, 0.717) is 18.9 Å². The average molecular weight is 470 g/mol. The van der Waals surface area contributed by atoms with Crippen molar-refractivity contribution in [2.75, 3.05) is 93.3 Å². The Morgan fingerprint density at radius 3 is 1.15 bits per heavy atom. The minimum absolute atomic E-state index is 0.554. The van der Waals surface area contributed by atoms with Crippen LogP contribution in [0.1, 0.15) is 0 Å². The Bertz CT molecular complexity index is 458. The lowest BCUT2D eigenvalue weighted by atomic mass is 11.0. The first-order chi connectivity index (χ1) is 11.9. The molecule has 0 amide bonds. The van der Waals surface area contributed by atoms with Crippen molar-refractivity contribution in [3.63, 3.8) is 0 Å². The summed E-state index contributed by atoms with van der Waals surface area (Å²) >= 11 is 0. The van der Waals surface area contributed by atoms with Gasteiger partial charge < -0.3 is 29.5 Å². The first-order valence-electron chi connectivity index (χ1n) is 8.06. The first kappa shape index (κ1) is 38.0. The molecule has 0 atom stereocenters. The second-order valence-electron chi connectivity index (χ2n) is 7.18. The third kappa shape index (κ3) is 75.9. The van der Waals surface area contributed by atoms with Crippen LogP contribution in [-0.4, -0.2) is 105 Å². The molecule has 0 aliphatic heterocycles. The lowest BCUT2D eigenvalue weighted by molar-refractivity contribution is -0.0980. The lowest BCUT2D eigenvalue weighted by Crippen LogP contribution is -2.20. The summed E-state index contributed by atoms with van der Waals surface area (Å²) in [4.78, 5) is 9.89. The van der Waals surface area contributed by atoms with Crippen LogP contribution in [0.4, 0.5) is 0 Å². The highest BCUT2D eigenvalue weighted by atomic mass is 31.2. The van der Waals surface area contributed by atoms with Gasteiger partial charge >= 0.3 is 7.80 Å². The van der Waals surface area contributed by atoms with Gasteiger partial charge in [0, 0.05) is 6.29 Å². The molecule has 0 aliphatic rings. The maximum Gasteiger partial charge on any atom is 0.332 e. The number of nitrogens with one attached hydrogen (secondary N) is 1. The number of hydrogen-bond donors (Lipinski definition) is 2. The van der Waals surface area contributed by atoms with Crippen LogP contribution in [0.15, 0.2) is 0 Å². The van der Waals surface area contributed by atoms with Crippen LogP contribution in [0.5, 0.6) is 0 Å². The van der Waals surface area contributed by atoms with E-state index in [1.807, 2.05) is 18.7 Å². The van der Waals surface area contributed by atoms with Crippen LogP contribution < -0.4 is 11.1 Å². The molecule has 3 N–H and O–H groups in total. The molecule has 0 saturated heterocycles. The zero-order valence-corrected chi connectivity index (χ0v) is 22.8. The van der Waals surface area contributed by atoms with Crippen LogP contribution in [-0.2, 0) is 23.1 Å². The predicted molar refractivity (Wildman–Crippen MR) is 126 cm³/mol. The molecule has 0 rings (SSSR count). The van der Waals surface area contributed by atoms with Crippen molar-refractivity contribution in [1.29, 1.82) is 0 Å². The third-order valence-corrected chi connectivity index (χ3v) is 5.11. The van der Waals surface area contributed by atoms with E-state index in [0.717, 1.165) is 0 Å². The van der Waals surface area contributed by atoms with Gasteiger partial charge in [0.1, 0.15) is 20.1 Å². The number of carbonyl (C=O) groups excluding carboxylic acids is 1. The Labute approximate surface area is 168 Å². The van der Waals surface area contributed by atoms with Gasteiger partial charge in [-0.25, -0.2) is 0 Å². The molecule has 0 aromatic carbocycles. The summed E-state index contributed by atoms with van der Waals surface area (Å²) in [5.74, 6) is 0. The Morgan fingerprint density at radius 2 is 1.07 bits per heavy atom. The van der Waals surface area contributed by atoms with E-state index in [-0.39, 0.29) is 0 Å². The van der Waals surface area contributed by atoms with Crippen molar-refractivity contribution in [3.05, 3.63) is 0 Å². The van der Waals surface area contributed by atoms with E-state index in [4.69, 9.17) is 4.79 Å². The SMILES string of the molecule is C=O.CN.CN(CP(C)(C)=O)CP(C)(C)=O.CNCP(C)(C)=O.C[P+](C)=O. The van der Waals surface area contributed by atoms with E-state index in [1.165, 1.54) is 7.05 Å². The van der Waals surface area contributed by atoms with Gasteiger partial charge in [-0.15, -0.1) is 0 Å². The molecule has 0 unspecified atom stereocenters. The molecular weight excluding hydrogens is 426 g/mol. The highest BCUT2D eigenvalue weighted by molar-refractivity contribution is 7.63. The number of rotatable bonds is 6. The lowest BCUT2D eigenvalue weighted by Gasteiger charge is -2.21. The number of carbonyl (C=O) groups is 1. The normalized spacial score (nSPS) is 10.6. The largest absolute Gasteiger partial charge is 0.333 e. The third-order valence-electron chi connectivity index (χ3n) is 1.70.